The average Bonchev–Trinajstić information content (AvgIpc) is 1.63. The number of rotatable bonds is 3. The van der Waals surface area contributed by atoms with Crippen LogP contribution in [0.25, 0.3) is 0 Å². The van der Waals surface area contributed by atoms with E-state index >= 15 is 0 Å². The van der Waals surface area contributed by atoms with E-state index in [2.05, 4.69) is 0 Å². The molecular formula is C4H7O4S. The van der Waals surface area contributed by atoms with Crippen LogP contribution in [0.4, 0.5) is 0 Å². The number of carboxylic acid groups (broad SMARTS) is 1. The molecule has 53 valence electrons. The van der Waals surface area contributed by atoms with Crippen LogP contribution in [-0.2, 0) is 14.6 Å². The Morgan fingerprint density at radius 2 is 2.11 bits per heavy atom. The number of hydrogen-bond acceptors (Lipinski definition) is 3. The maximum atomic E-state index is 10.4. The number of aliphatic carboxylic acids is 1. The Bertz CT molecular complexity index is 191. The van der Waals surface area contributed by atoms with E-state index < -0.39 is 15.8 Å². The van der Waals surface area contributed by atoms with E-state index in [0.29, 0.717) is 5.75 Å². The van der Waals surface area contributed by atoms with Gasteiger partial charge in [-0.3, -0.25) is 4.79 Å². The molecule has 0 aromatic heterocycles. The van der Waals surface area contributed by atoms with E-state index in [4.69, 9.17) is 5.11 Å². The van der Waals surface area contributed by atoms with Crippen molar-refractivity contribution in [3.8, 4) is 0 Å². The van der Waals surface area contributed by atoms with Gasteiger partial charge in [0.2, 0.25) is 0 Å². The van der Waals surface area contributed by atoms with Gasteiger partial charge in [0, 0.05) is 5.75 Å². The summed E-state index contributed by atoms with van der Waals surface area (Å²) in [6, 6.07) is 0. The predicted molar refractivity (Wildman–Crippen MR) is 31.4 cm³/mol. The van der Waals surface area contributed by atoms with Crippen LogP contribution >= 0.6 is 0 Å². The molecule has 0 heterocycles. The first-order chi connectivity index (χ1) is 3.98. The van der Waals surface area contributed by atoms with E-state index in [1.54, 1.807) is 0 Å². The van der Waals surface area contributed by atoms with Crippen LogP contribution in [0, 0.1) is 5.75 Å². The van der Waals surface area contributed by atoms with Gasteiger partial charge in [-0.05, 0) is 0 Å². The van der Waals surface area contributed by atoms with Crippen LogP contribution in [0.15, 0.2) is 0 Å². The number of carboxylic acids is 1. The Balaban J connectivity index is 4.06. The fourth-order valence-corrected chi connectivity index (χ4v) is 0.711. The third kappa shape index (κ3) is 3.96. The zero-order chi connectivity index (χ0) is 7.49. The van der Waals surface area contributed by atoms with Crippen molar-refractivity contribution in [2.75, 3.05) is 5.75 Å². The monoisotopic (exact) mass is 151 g/mol. The van der Waals surface area contributed by atoms with Gasteiger partial charge in [-0.1, -0.05) is 6.92 Å². The topological polar surface area (TPSA) is 71.4 Å². The highest BCUT2D eigenvalue weighted by molar-refractivity contribution is 7.94. The first-order valence-corrected chi connectivity index (χ1v) is 4.00. The van der Waals surface area contributed by atoms with Crippen molar-refractivity contribution < 1.29 is 18.3 Å². The van der Waals surface area contributed by atoms with Crippen LogP contribution < -0.4 is 0 Å². The molecule has 0 aliphatic heterocycles. The molecule has 1 radical (unpaired) electrons. The molecule has 0 bridgehead atoms. The van der Waals surface area contributed by atoms with Gasteiger partial charge in [0.25, 0.3) is 0 Å². The molecule has 0 aliphatic carbocycles. The Morgan fingerprint density at radius 1 is 1.67 bits per heavy atom. The Morgan fingerprint density at radius 3 is 2.22 bits per heavy atom. The van der Waals surface area contributed by atoms with E-state index in [1.165, 1.54) is 6.92 Å². The van der Waals surface area contributed by atoms with Gasteiger partial charge in [0.15, 0.2) is 15.6 Å². The fourth-order valence-electron chi connectivity index (χ4n) is 0.237. The zero-order valence-corrected chi connectivity index (χ0v) is 5.68. The van der Waals surface area contributed by atoms with Gasteiger partial charge in [-0.25, -0.2) is 8.42 Å². The summed E-state index contributed by atoms with van der Waals surface area (Å²) < 4.78 is 20.7. The van der Waals surface area contributed by atoms with Crippen molar-refractivity contribution in [3.05, 3.63) is 5.75 Å². The van der Waals surface area contributed by atoms with Gasteiger partial charge in [0.1, 0.15) is 0 Å². The van der Waals surface area contributed by atoms with Crippen LogP contribution in [0.5, 0.6) is 0 Å². The highest BCUT2D eigenvalue weighted by Crippen LogP contribution is 1.93. The van der Waals surface area contributed by atoms with Gasteiger partial charge < -0.3 is 5.11 Å². The molecule has 0 aromatic rings. The minimum Gasteiger partial charge on any atom is -0.480 e. The summed E-state index contributed by atoms with van der Waals surface area (Å²) in [6.45, 7) is 1.38. The summed E-state index contributed by atoms with van der Waals surface area (Å²) in [5.41, 5.74) is 0. The maximum Gasteiger partial charge on any atom is 0.323 e. The lowest BCUT2D eigenvalue weighted by Crippen LogP contribution is -2.10. The normalized spacial score (nSPS) is 11.2. The Kier molecular flexibility index (Phi) is 2.64. The molecule has 0 amide bonds. The van der Waals surface area contributed by atoms with Crippen molar-refractivity contribution in [2.45, 2.75) is 6.92 Å². The summed E-state index contributed by atoms with van der Waals surface area (Å²) in [4.78, 5) is 9.74. The standard InChI is InChI=1S/C4H7O4S/c1-2-9(7,8)3-4(5)6/h3H,2H2,1H3,(H,5,6). The van der Waals surface area contributed by atoms with Crippen LogP contribution in [0.3, 0.4) is 0 Å². The van der Waals surface area contributed by atoms with E-state index in [1.807, 2.05) is 0 Å². The van der Waals surface area contributed by atoms with Gasteiger partial charge >= 0.3 is 5.97 Å². The first kappa shape index (κ1) is 8.42. The highest BCUT2D eigenvalue weighted by Gasteiger charge is 2.12. The zero-order valence-electron chi connectivity index (χ0n) is 4.86. The number of sulfone groups is 1. The lowest BCUT2D eigenvalue weighted by atomic mass is 10.8. The van der Waals surface area contributed by atoms with Crippen LogP contribution in [0.1, 0.15) is 6.92 Å². The molecule has 0 unspecified atom stereocenters. The Labute approximate surface area is 53.4 Å². The van der Waals surface area contributed by atoms with Crippen molar-refractivity contribution in [2.24, 2.45) is 0 Å². The van der Waals surface area contributed by atoms with Crippen molar-refractivity contribution >= 4 is 15.8 Å². The quantitative estimate of drug-likeness (QED) is 0.599. The average molecular weight is 151 g/mol. The lowest BCUT2D eigenvalue weighted by molar-refractivity contribution is -0.132. The van der Waals surface area contributed by atoms with Crippen LogP contribution in [0.2, 0.25) is 0 Å². The van der Waals surface area contributed by atoms with Crippen molar-refractivity contribution in [1.29, 1.82) is 0 Å². The van der Waals surface area contributed by atoms with Crippen molar-refractivity contribution in [3.63, 3.8) is 0 Å². The van der Waals surface area contributed by atoms with E-state index in [0.717, 1.165) is 0 Å². The summed E-state index contributed by atoms with van der Waals surface area (Å²) in [5, 5.41) is 7.95. The number of hydrogen-bond donors (Lipinski definition) is 1. The smallest absolute Gasteiger partial charge is 0.323 e. The van der Waals surface area contributed by atoms with Gasteiger partial charge in [0.05, 0.1) is 0 Å². The first-order valence-electron chi connectivity index (χ1n) is 2.28. The minimum absolute atomic E-state index is 0.167. The summed E-state index contributed by atoms with van der Waals surface area (Å²) in [7, 11) is -3.44. The predicted octanol–water partition coefficient (Wildman–Crippen LogP) is -0.333. The summed E-state index contributed by atoms with van der Waals surface area (Å²) in [6.07, 6.45) is 0. The molecule has 0 rings (SSSR count). The van der Waals surface area contributed by atoms with Crippen LogP contribution in [-0.4, -0.2) is 25.2 Å². The highest BCUT2D eigenvalue weighted by atomic mass is 32.2. The molecule has 0 fully saturated rings. The molecule has 0 aromatic carbocycles. The SMILES string of the molecule is CCS(=O)(=O)[CH]C(=O)O. The second-order valence-electron chi connectivity index (χ2n) is 1.41. The third-order valence-corrected chi connectivity index (χ3v) is 2.05. The molecule has 0 aliphatic rings. The number of carbonyl (C=O) groups is 1. The fraction of sp³-hybridized carbons (Fsp3) is 0.500. The minimum atomic E-state index is -3.44. The molecule has 9 heavy (non-hydrogen) atoms. The maximum absolute atomic E-state index is 10.4. The molecule has 1 N–H and O–H groups in total. The summed E-state index contributed by atoms with van der Waals surface area (Å²) in [5.74, 6) is -1.29. The van der Waals surface area contributed by atoms with Gasteiger partial charge in [-0.15, -0.1) is 0 Å². The molecule has 5 heteroatoms. The second kappa shape index (κ2) is 2.82. The van der Waals surface area contributed by atoms with Crippen molar-refractivity contribution in [1.82, 2.24) is 0 Å². The third-order valence-electron chi connectivity index (χ3n) is 0.683. The van der Waals surface area contributed by atoms with E-state index in [-0.39, 0.29) is 5.75 Å². The largest absolute Gasteiger partial charge is 0.480 e. The molecule has 0 atom stereocenters. The molecule has 4 nitrogen and oxygen atoms in total. The molecular weight excluding hydrogens is 144 g/mol. The molecule has 0 spiro atoms. The molecule has 0 saturated carbocycles. The van der Waals surface area contributed by atoms with Gasteiger partial charge in [-0.2, -0.15) is 0 Å². The van der Waals surface area contributed by atoms with E-state index in [9.17, 15) is 13.2 Å². The Hall–Kier alpha value is -0.580. The lowest BCUT2D eigenvalue weighted by Gasteiger charge is -1.91. The molecule has 0 saturated heterocycles. The second-order valence-corrected chi connectivity index (χ2v) is 3.55. The summed E-state index contributed by atoms with van der Waals surface area (Å²) >= 11 is 0.